The van der Waals surface area contributed by atoms with E-state index in [9.17, 15) is 5.11 Å². The SMILES string of the molecule is COc1c(F)cc(Cc2cc([C@]3(O)O[C@H](COCc4ccccc4)[C@@H](OCc4ccccc4)[C@H](OCc4ccccc4)[C@H]3OCc3ccccc3)c3ccccc3c2Cl)cc1F. The standard InChI is InChI=1S/C52H47ClF2O7/c1-57-48-44(54)27-39(28-45(48)55)26-40-29-43(41-24-14-15-25-42(41)47(40)53)52(56)51(61-33-38-22-12-5-13-23-38)50(60-32-37-20-10-4-11-21-37)49(59-31-36-18-8-3-9-19-36)46(62-52)34-58-30-35-16-6-2-7-17-35/h2-25,27-29,46,49-51,56H,26,30-34H2,1H3/t46-,49-,50+,51-,52+/m1/s1. The minimum absolute atomic E-state index is 0.00996. The summed E-state index contributed by atoms with van der Waals surface area (Å²) in [6, 6.07) is 50.5. The molecule has 8 rings (SSSR count). The molecular weight excluding hydrogens is 810 g/mol. The molecule has 7 aromatic rings. The summed E-state index contributed by atoms with van der Waals surface area (Å²) in [5.41, 5.74) is 4.77. The van der Waals surface area contributed by atoms with Crippen LogP contribution in [0.1, 0.15) is 38.9 Å². The third-order valence-electron chi connectivity index (χ3n) is 11.0. The Balaban J connectivity index is 1.27. The maximum Gasteiger partial charge on any atom is 0.223 e. The first-order valence-electron chi connectivity index (χ1n) is 20.5. The average molecular weight is 857 g/mol. The van der Waals surface area contributed by atoms with Crippen molar-refractivity contribution in [2.45, 2.75) is 63.1 Å². The van der Waals surface area contributed by atoms with E-state index in [0.29, 0.717) is 32.5 Å². The van der Waals surface area contributed by atoms with E-state index in [2.05, 4.69) is 0 Å². The van der Waals surface area contributed by atoms with E-state index >= 15 is 8.78 Å². The molecule has 1 heterocycles. The van der Waals surface area contributed by atoms with Crippen molar-refractivity contribution in [2.24, 2.45) is 0 Å². The van der Waals surface area contributed by atoms with Crippen molar-refractivity contribution in [3.05, 3.63) is 219 Å². The zero-order valence-electron chi connectivity index (χ0n) is 34.2. The van der Waals surface area contributed by atoms with Crippen LogP contribution in [0.3, 0.4) is 0 Å². The topological polar surface area (TPSA) is 75.6 Å². The van der Waals surface area contributed by atoms with Gasteiger partial charge in [0.05, 0.1) is 45.2 Å². The monoisotopic (exact) mass is 856 g/mol. The van der Waals surface area contributed by atoms with Gasteiger partial charge in [0, 0.05) is 10.9 Å². The van der Waals surface area contributed by atoms with E-state index in [0.717, 1.165) is 22.3 Å². The van der Waals surface area contributed by atoms with Crippen LogP contribution in [-0.4, -0.2) is 43.2 Å². The van der Waals surface area contributed by atoms with Crippen LogP contribution >= 0.6 is 11.6 Å². The maximum absolute atomic E-state index is 15.1. The van der Waals surface area contributed by atoms with Gasteiger partial charge in [-0.3, -0.25) is 0 Å². The minimum atomic E-state index is -2.24. The van der Waals surface area contributed by atoms with Gasteiger partial charge in [-0.25, -0.2) is 8.78 Å². The highest BCUT2D eigenvalue weighted by molar-refractivity contribution is 6.36. The molecule has 1 aliphatic rings. The summed E-state index contributed by atoms with van der Waals surface area (Å²) >= 11 is 7.16. The fourth-order valence-corrected chi connectivity index (χ4v) is 8.31. The molecule has 318 valence electrons. The predicted octanol–water partition coefficient (Wildman–Crippen LogP) is 10.9. The Kier molecular flexibility index (Phi) is 14.0. The molecule has 1 N–H and O–H groups in total. The Labute approximate surface area is 365 Å². The summed E-state index contributed by atoms with van der Waals surface area (Å²) in [6.45, 7) is 0.748. The van der Waals surface area contributed by atoms with E-state index in [-0.39, 0.29) is 39.5 Å². The van der Waals surface area contributed by atoms with Gasteiger partial charge in [0.15, 0.2) is 17.4 Å². The summed E-state index contributed by atoms with van der Waals surface area (Å²) in [4.78, 5) is 0. The molecule has 0 amide bonds. The fraction of sp³-hybridized carbons (Fsp3) is 0.231. The molecule has 10 heteroatoms. The van der Waals surface area contributed by atoms with Gasteiger partial charge in [0.2, 0.25) is 5.79 Å². The maximum atomic E-state index is 15.1. The highest BCUT2D eigenvalue weighted by atomic mass is 35.5. The van der Waals surface area contributed by atoms with Crippen LogP contribution in [0.15, 0.2) is 164 Å². The second-order valence-corrected chi connectivity index (χ2v) is 15.7. The lowest BCUT2D eigenvalue weighted by Crippen LogP contribution is -2.65. The fourth-order valence-electron chi connectivity index (χ4n) is 8.02. The van der Waals surface area contributed by atoms with Crippen molar-refractivity contribution in [1.82, 2.24) is 0 Å². The lowest BCUT2D eigenvalue weighted by Gasteiger charge is -2.50. The quantitative estimate of drug-likeness (QED) is 0.0978. The number of aliphatic hydroxyl groups is 1. The Morgan fingerprint density at radius 1 is 0.581 bits per heavy atom. The van der Waals surface area contributed by atoms with Crippen molar-refractivity contribution in [3.63, 3.8) is 0 Å². The number of fused-ring (bicyclic) bond motifs is 1. The molecule has 0 radical (unpaired) electrons. The van der Waals surface area contributed by atoms with Crippen LogP contribution in [0.25, 0.3) is 10.8 Å². The highest BCUT2D eigenvalue weighted by Crippen LogP contribution is 2.46. The molecule has 1 fully saturated rings. The van der Waals surface area contributed by atoms with E-state index in [1.807, 2.05) is 146 Å². The van der Waals surface area contributed by atoms with Crippen molar-refractivity contribution in [1.29, 1.82) is 0 Å². The van der Waals surface area contributed by atoms with Gasteiger partial charge in [-0.2, -0.15) is 0 Å². The number of rotatable bonds is 17. The van der Waals surface area contributed by atoms with Crippen LogP contribution < -0.4 is 4.74 Å². The normalized spacial score (nSPS) is 20.0. The highest BCUT2D eigenvalue weighted by Gasteiger charge is 2.58. The van der Waals surface area contributed by atoms with Crippen molar-refractivity contribution < 1.29 is 42.3 Å². The Morgan fingerprint density at radius 2 is 1.05 bits per heavy atom. The molecular formula is C52H47ClF2O7. The Bertz CT molecular complexity index is 2510. The predicted molar refractivity (Wildman–Crippen MR) is 235 cm³/mol. The van der Waals surface area contributed by atoms with Crippen LogP contribution in [0.2, 0.25) is 5.02 Å². The second-order valence-electron chi connectivity index (χ2n) is 15.3. The molecule has 7 nitrogen and oxygen atoms in total. The molecule has 0 aromatic heterocycles. The molecule has 0 spiro atoms. The average Bonchev–Trinajstić information content (AvgIpc) is 3.30. The lowest BCUT2D eigenvalue weighted by atomic mass is 9.84. The Morgan fingerprint density at radius 3 is 1.58 bits per heavy atom. The number of methoxy groups -OCH3 is 1. The molecule has 5 atom stereocenters. The van der Waals surface area contributed by atoms with Gasteiger partial charge in [-0.1, -0.05) is 157 Å². The first-order chi connectivity index (χ1) is 30.3. The van der Waals surface area contributed by atoms with Crippen molar-refractivity contribution in [3.8, 4) is 5.75 Å². The molecule has 7 aromatic carbocycles. The lowest BCUT2D eigenvalue weighted by molar-refractivity contribution is -0.378. The molecule has 0 unspecified atom stereocenters. The van der Waals surface area contributed by atoms with Gasteiger partial charge in [0.25, 0.3) is 0 Å². The van der Waals surface area contributed by atoms with Gasteiger partial charge >= 0.3 is 0 Å². The van der Waals surface area contributed by atoms with Crippen molar-refractivity contribution in [2.75, 3.05) is 13.7 Å². The third kappa shape index (κ3) is 9.91. The van der Waals surface area contributed by atoms with Crippen LogP contribution in [0.5, 0.6) is 5.75 Å². The number of ether oxygens (including phenoxy) is 6. The zero-order valence-corrected chi connectivity index (χ0v) is 34.9. The molecule has 1 saturated heterocycles. The largest absolute Gasteiger partial charge is 0.491 e. The summed E-state index contributed by atoms with van der Waals surface area (Å²) < 4.78 is 69.1. The van der Waals surface area contributed by atoms with Crippen molar-refractivity contribution >= 4 is 22.4 Å². The van der Waals surface area contributed by atoms with Crippen LogP contribution in [0, 0.1) is 11.6 Å². The van der Waals surface area contributed by atoms with E-state index in [4.69, 9.17) is 40.0 Å². The number of hydrogen-bond donors (Lipinski definition) is 1. The van der Waals surface area contributed by atoms with E-state index in [1.165, 1.54) is 19.2 Å². The Hall–Kier alpha value is -5.49. The van der Waals surface area contributed by atoms with E-state index in [1.54, 1.807) is 6.07 Å². The smallest absolute Gasteiger partial charge is 0.223 e. The first kappa shape index (κ1) is 43.2. The minimum Gasteiger partial charge on any atom is -0.491 e. The van der Waals surface area contributed by atoms with Gasteiger partial charge in [-0.15, -0.1) is 0 Å². The number of hydrogen-bond acceptors (Lipinski definition) is 7. The summed E-state index contributed by atoms with van der Waals surface area (Å²) in [7, 11) is 1.21. The number of halogens is 3. The number of benzene rings is 7. The summed E-state index contributed by atoms with van der Waals surface area (Å²) in [5, 5.41) is 15.2. The zero-order chi connectivity index (χ0) is 42.9. The van der Waals surface area contributed by atoms with Crippen LogP contribution in [0.4, 0.5) is 8.78 Å². The molecule has 0 saturated carbocycles. The van der Waals surface area contributed by atoms with Gasteiger partial charge in [-0.05, 0) is 63.4 Å². The molecule has 0 aliphatic carbocycles. The van der Waals surface area contributed by atoms with Gasteiger partial charge in [0.1, 0.15) is 24.4 Å². The molecule has 62 heavy (non-hydrogen) atoms. The third-order valence-corrected chi connectivity index (χ3v) is 11.5. The molecule has 0 bridgehead atoms. The van der Waals surface area contributed by atoms with E-state index < -0.39 is 47.6 Å². The second kappa shape index (κ2) is 20.1. The summed E-state index contributed by atoms with van der Waals surface area (Å²) in [6.07, 6.45) is -3.88. The van der Waals surface area contributed by atoms with Gasteiger partial charge < -0.3 is 33.5 Å². The summed E-state index contributed by atoms with van der Waals surface area (Å²) in [5.74, 6) is -4.41. The molecule has 1 aliphatic heterocycles. The van der Waals surface area contributed by atoms with Crippen LogP contribution in [-0.2, 0) is 62.3 Å². The first-order valence-corrected chi connectivity index (χ1v) is 20.9.